The van der Waals surface area contributed by atoms with Crippen molar-refractivity contribution >= 4 is 5.91 Å². The third-order valence-electron chi connectivity index (χ3n) is 4.40. The third kappa shape index (κ3) is 1.64. The van der Waals surface area contributed by atoms with E-state index in [1.807, 2.05) is 7.05 Å². The topological polar surface area (TPSA) is 41.6 Å². The molecule has 0 aromatic heterocycles. The van der Waals surface area contributed by atoms with E-state index in [2.05, 4.69) is 10.2 Å². The Balaban J connectivity index is 1.73. The fourth-order valence-corrected chi connectivity index (χ4v) is 3.34. The second-order valence-electron chi connectivity index (χ2n) is 5.25. The lowest BCUT2D eigenvalue weighted by Crippen LogP contribution is -2.50. The summed E-state index contributed by atoms with van der Waals surface area (Å²) in [7, 11) is 1.84. The zero-order valence-electron chi connectivity index (χ0n) is 9.82. The van der Waals surface area contributed by atoms with Crippen molar-refractivity contribution in [3.8, 4) is 0 Å². The molecule has 1 heterocycles. The smallest absolute Gasteiger partial charge is 0.242 e. The second kappa shape index (κ2) is 4.00. The Morgan fingerprint density at radius 3 is 2.94 bits per heavy atom. The molecule has 1 aliphatic heterocycles. The third-order valence-corrected chi connectivity index (χ3v) is 4.40. The summed E-state index contributed by atoms with van der Waals surface area (Å²) in [6.45, 7) is 2.00. The molecular formula is C12H20N2O2. The zero-order chi connectivity index (χ0) is 11.1. The summed E-state index contributed by atoms with van der Waals surface area (Å²) in [5.74, 6) is 1.98. The molecule has 4 heteroatoms. The fraction of sp³-hybridized carbons (Fsp3) is 0.917. The predicted octanol–water partition coefficient (Wildman–Crippen LogP) is 0.232. The van der Waals surface area contributed by atoms with Gasteiger partial charge in [-0.1, -0.05) is 0 Å². The van der Waals surface area contributed by atoms with Gasteiger partial charge in [0.1, 0.15) is 6.04 Å². The number of amides is 1. The Morgan fingerprint density at radius 2 is 2.31 bits per heavy atom. The molecule has 0 radical (unpaired) electrons. The maximum absolute atomic E-state index is 12.3. The molecule has 3 aliphatic rings. The fourth-order valence-electron chi connectivity index (χ4n) is 3.34. The van der Waals surface area contributed by atoms with Crippen molar-refractivity contribution in [2.24, 2.45) is 11.8 Å². The van der Waals surface area contributed by atoms with Crippen LogP contribution in [0, 0.1) is 11.8 Å². The molecule has 0 aromatic carbocycles. The van der Waals surface area contributed by atoms with E-state index in [1.165, 1.54) is 19.3 Å². The van der Waals surface area contributed by atoms with E-state index in [4.69, 9.17) is 4.74 Å². The average Bonchev–Trinajstić information content (AvgIpc) is 3.00. The van der Waals surface area contributed by atoms with Gasteiger partial charge in [0.05, 0.1) is 13.2 Å². The minimum absolute atomic E-state index is 0.139. The van der Waals surface area contributed by atoms with Gasteiger partial charge in [0.15, 0.2) is 0 Å². The number of nitrogens with one attached hydrogen (secondary N) is 1. The van der Waals surface area contributed by atoms with Gasteiger partial charge in [0, 0.05) is 12.6 Å². The number of likely N-dealkylation sites (N-methyl/N-ethyl adjacent to an activating group) is 1. The molecule has 3 rings (SSSR count). The Hall–Kier alpha value is -0.610. The summed E-state index contributed by atoms with van der Waals surface area (Å²) in [6.07, 6.45) is 3.88. The summed E-state index contributed by atoms with van der Waals surface area (Å²) < 4.78 is 5.48. The summed E-state index contributed by atoms with van der Waals surface area (Å²) in [4.78, 5) is 14.4. The number of hydrogen-bond donors (Lipinski definition) is 1. The van der Waals surface area contributed by atoms with E-state index in [-0.39, 0.29) is 11.9 Å². The van der Waals surface area contributed by atoms with Crippen molar-refractivity contribution in [2.45, 2.75) is 31.3 Å². The standard InChI is InChI=1S/C12H20N2O2/c1-13-10-7-16-5-4-14(12(10)15)11-3-2-8-6-9(8)11/h8-11,13H,2-7H2,1H3. The summed E-state index contributed by atoms with van der Waals surface area (Å²) in [5.41, 5.74) is 0. The lowest BCUT2D eigenvalue weighted by atomic mass is 10.1. The lowest BCUT2D eigenvalue weighted by Gasteiger charge is -2.30. The first-order valence-electron chi connectivity index (χ1n) is 6.36. The van der Waals surface area contributed by atoms with Gasteiger partial charge in [-0.3, -0.25) is 4.79 Å². The largest absolute Gasteiger partial charge is 0.377 e. The monoisotopic (exact) mass is 224 g/mol. The van der Waals surface area contributed by atoms with Crippen molar-refractivity contribution in [3.63, 3.8) is 0 Å². The van der Waals surface area contributed by atoms with E-state index in [9.17, 15) is 4.79 Å². The Bertz CT molecular complexity index is 295. The van der Waals surface area contributed by atoms with Gasteiger partial charge >= 0.3 is 0 Å². The predicted molar refractivity (Wildman–Crippen MR) is 60.0 cm³/mol. The Kier molecular flexibility index (Phi) is 2.64. The van der Waals surface area contributed by atoms with Crippen LogP contribution in [0.5, 0.6) is 0 Å². The first-order valence-corrected chi connectivity index (χ1v) is 6.36. The number of nitrogens with zero attached hydrogens (tertiary/aromatic N) is 1. The first-order chi connectivity index (χ1) is 7.81. The zero-order valence-corrected chi connectivity index (χ0v) is 9.82. The van der Waals surface area contributed by atoms with E-state index < -0.39 is 0 Å². The van der Waals surface area contributed by atoms with Gasteiger partial charge in [-0.25, -0.2) is 0 Å². The minimum Gasteiger partial charge on any atom is -0.377 e. The van der Waals surface area contributed by atoms with E-state index >= 15 is 0 Å². The number of fused-ring (bicyclic) bond motifs is 1. The van der Waals surface area contributed by atoms with Gasteiger partial charge in [0.25, 0.3) is 0 Å². The molecule has 90 valence electrons. The van der Waals surface area contributed by atoms with Gasteiger partial charge < -0.3 is 15.0 Å². The molecule has 4 atom stereocenters. The van der Waals surface area contributed by atoms with Gasteiger partial charge in [0.2, 0.25) is 5.91 Å². The van der Waals surface area contributed by atoms with Crippen LogP contribution < -0.4 is 5.32 Å². The molecule has 1 saturated heterocycles. The molecular weight excluding hydrogens is 204 g/mol. The molecule has 0 aromatic rings. The lowest BCUT2D eigenvalue weighted by molar-refractivity contribution is -0.135. The number of carbonyl (C=O) groups is 1. The molecule has 1 amide bonds. The molecule has 1 N–H and O–H groups in total. The number of carbonyl (C=O) groups excluding carboxylic acids is 1. The molecule has 3 fully saturated rings. The maximum Gasteiger partial charge on any atom is 0.242 e. The average molecular weight is 224 g/mol. The van der Waals surface area contributed by atoms with Gasteiger partial charge in [-0.2, -0.15) is 0 Å². The minimum atomic E-state index is -0.139. The van der Waals surface area contributed by atoms with Crippen LogP contribution in [0.15, 0.2) is 0 Å². The van der Waals surface area contributed by atoms with Crippen molar-refractivity contribution in [3.05, 3.63) is 0 Å². The molecule has 2 saturated carbocycles. The van der Waals surface area contributed by atoms with Crippen LogP contribution in [0.3, 0.4) is 0 Å². The van der Waals surface area contributed by atoms with Gasteiger partial charge in [-0.05, 0) is 38.1 Å². The molecule has 16 heavy (non-hydrogen) atoms. The van der Waals surface area contributed by atoms with Gasteiger partial charge in [-0.15, -0.1) is 0 Å². The van der Waals surface area contributed by atoms with Crippen LogP contribution >= 0.6 is 0 Å². The second-order valence-corrected chi connectivity index (χ2v) is 5.25. The van der Waals surface area contributed by atoms with Crippen molar-refractivity contribution in [1.29, 1.82) is 0 Å². The van der Waals surface area contributed by atoms with E-state index in [0.29, 0.717) is 19.3 Å². The Labute approximate surface area is 96.3 Å². The highest BCUT2D eigenvalue weighted by molar-refractivity contribution is 5.82. The molecule has 0 bridgehead atoms. The van der Waals surface area contributed by atoms with Crippen LogP contribution in [0.4, 0.5) is 0 Å². The SMILES string of the molecule is CNC1COCCN(C2CCC3CC32)C1=O. The molecule has 0 spiro atoms. The van der Waals surface area contributed by atoms with E-state index in [1.54, 1.807) is 0 Å². The number of rotatable bonds is 2. The highest BCUT2D eigenvalue weighted by atomic mass is 16.5. The van der Waals surface area contributed by atoms with Crippen LogP contribution in [0.25, 0.3) is 0 Å². The van der Waals surface area contributed by atoms with Crippen molar-refractivity contribution in [2.75, 3.05) is 26.8 Å². The summed E-state index contributed by atoms with van der Waals surface area (Å²) in [5, 5.41) is 3.06. The highest BCUT2D eigenvalue weighted by Crippen LogP contribution is 2.53. The van der Waals surface area contributed by atoms with E-state index in [0.717, 1.165) is 18.4 Å². The number of hydrogen-bond acceptors (Lipinski definition) is 3. The normalized spacial score (nSPS) is 43.1. The van der Waals surface area contributed by atoms with Crippen LogP contribution in [-0.4, -0.2) is 49.7 Å². The Morgan fingerprint density at radius 1 is 1.44 bits per heavy atom. The summed E-state index contributed by atoms with van der Waals surface area (Å²) >= 11 is 0. The quantitative estimate of drug-likeness (QED) is 0.730. The molecule has 4 nitrogen and oxygen atoms in total. The summed E-state index contributed by atoms with van der Waals surface area (Å²) in [6, 6.07) is 0.371. The molecule has 4 unspecified atom stereocenters. The van der Waals surface area contributed by atoms with Crippen LogP contribution in [0.2, 0.25) is 0 Å². The molecule has 2 aliphatic carbocycles. The first kappa shape index (κ1) is 10.5. The van der Waals surface area contributed by atoms with Crippen molar-refractivity contribution in [1.82, 2.24) is 10.2 Å². The highest BCUT2D eigenvalue weighted by Gasteiger charge is 2.51. The van der Waals surface area contributed by atoms with Crippen molar-refractivity contribution < 1.29 is 9.53 Å². The van der Waals surface area contributed by atoms with Crippen LogP contribution in [-0.2, 0) is 9.53 Å². The number of ether oxygens (including phenoxy) is 1. The maximum atomic E-state index is 12.3. The van der Waals surface area contributed by atoms with Crippen LogP contribution in [0.1, 0.15) is 19.3 Å².